The molecule has 1 amide bonds. The standard InChI is InChI=1S/C22H19N5O2S3/c28-20(13-32-22-24-23-21(19-6-3-11-31-19)26(22)14-7-8-14)27-16(17-4-1-9-29-17)12-15(25-27)18-5-2-10-30-18/h1-6,9-11,14,16H,7-8,12-13H2. The second kappa shape index (κ2) is 8.34. The second-order valence-corrected chi connectivity index (χ2v) is 10.5. The number of rotatable bonds is 7. The number of carbonyl (C=O) groups is 1. The fourth-order valence-corrected chi connectivity index (χ4v) is 6.12. The van der Waals surface area contributed by atoms with Gasteiger partial charge in [0.25, 0.3) is 5.91 Å². The van der Waals surface area contributed by atoms with Crippen LogP contribution in [0.5, 0.6) is 0 Å². The van der Waals surface area contributed by atoms with Crippen molar-refractivity contribution in [1.82, 2.24) is 19.8 Å². The highest BCUT2D eigenvalue weighted by Crippen LogP contribution is 2.42. The quantitative estimate of drug-likeness (QED) is 0.327. The van der Waals surface area contributed by atoms with Crippen LogP contribution < -0.4 is 0 Å². The smallest absolute Gasteiger partial charge is 0.253 e. The molecular formula is C22H19N5O2S3. The normalized spacial score (nSPS) is 18.3. The van der Waals surface area contributed by atoms with Gasteiger partial charge in [-0.05, 0) is 47.9 Å². The number of hydrogen-bond acceptors (Lipinski definition) is 8. The van der Waals surface area contributed by atoms with Gasteiger partial charge < -0.3 is 4.42 Å². The molecular weight excluding hydrogens is 462 g/mol. The van der Waals surface area contributed by atoms with Gasteiger partial charge in [0, 0.05) is 12.5 Å². The lowest BCUT2D eigenvalue weighted by Crippen LogP contribution is -2.28. The van der Waals surface area contributed by atoms with E-state index in [4.69, 9.17) is 9.52 Å². The summed E-state index contributed by atoms with van der Waals surface area (Å²) in [5, 5.41) is 20.0. The Morgan fingerprint density at radius 1 is 1.09 bits per heavy atom. The summed E-state index contributed by atoms with van der Waals surface area (Å²) < 4.78 is 7.83. The number of furan rings is 1. The second-order valence-electron chi connectivity index (χ2n) is 7.67. The van der Waals surface area contributed by atoms with E-state index in [1.54, 1.807) is 33.9 Å². The number of thioether (sulfide) groups is 1. The topological polar surface area (TPSA) is 76.5 Å². The Labute approximate surface area is 196 Å². The van der Waals surface area contributed by atoms with Gasteiger partial charge in [0.05, 0.1) is 27.5 Å². The van der Waals surface area contributed by atoms with Crippen molar-refractivity contribution in [3.63, 3.8) is 0 Å². The van der Waals surface area contributed by atoms with Gasteiger partial charge in [0.2, 0.25) is 0 Å². The first kappa shape index (κ1) is 20.0. The van der Waals surface area contributed by atoms with Crippen LogP contribution in [-0.4, -0.2) is 37.1 Å². The van der Waals surface area contributed by atoms with Gasteiger partial charge in [-0.15, -0.1) is 32.9 Å². The highest BCUT2D eigenvalue weighted by Gasteiger charge is 2.36. The molecule has 162 valence electrons. The first-order chi connectivity index (χ1) is 15.8. The summed E-state index contributed by atoms with van der Waals surface area (Å²) in [4.78, 5) is 15.5. The van der Waals surface area contributed by atoms with Crippen LogP contribution in [0.2, 0.25) is 0 Å². The van der Waals surface area contributed by atoms with Crippen molar-refractivity contribution < 1.29 is 9.21 Å². The predicted octanol–water partition coefficient (Wildman–Crippen LogP) is 5.47. The molecule has 0 radical (unpaired) electrons. The maximum Gasteiger partial charge on any atom is 0.253 e. The van der Waals surface area contributed by atoms with Crippen molar-refractivity contribution in [3.05, 3.63) is 64.1 Å². The lowest BCUT2D eigenvalue weighted by molar-refractivity contribution is -0.130. The van der Waals surface area contributed by atoms with Crippen LogP contribution in [-0.2, 0) is 4.79 Å². The molecule has 4 aromatic rings. The summed E-state index contributed by atoms with van der Waals surface area (Å²) >= 11 is 4.72. The minimum atomic E-state index is -0.224. The summed E-state index contributed by atoms with van der Waals surface area (Å²) in [6, 6.07) is 12.1. The third-order valence-electron chi connectivity index (χ3n) is 5.49. The Bertz CT molecular complexity index is 1240. The molecule has 10 heteroatoms. The first-order valence-corrected chi connectivity index (χ1v) is 13.1. The van der Waals surface area contributed by atoms with Gasteiger partial charge in [-0.3, -0.25) is 9.36 Å². The molecule has 7 nitrogen and oxygen atoms in total. The third-order valence-corrected chi connectivity index (χ3v) is 8.20. The summed E-state index contributed by atoms with van der Waals surface area (Å²) in [7, 11) is 0. The minimum Gasteiger partial charge on any atom is -0.467 e. The van der Waals surface area contributed by atoms with E-state index in [1.165, 1.54) is 11.8 Å². The maximum absolute atomic E-state index is 13.3. The number of hydrazone groups is 1. The van der Waals surface area contributed by atoms with E-state index in [1.807, 2.05) is 41.1 Å². The third kappa shape index (κ3) is 3.72. The minimum absolute atomic E-state index is 0.0639. The Hall–Kier alpha value is -2.69. The summed E-state index contributed by atoms with van der Waals surface area (Å²) in [6.45, 7) is 0. The Kier molecular flexibility index (Phi) is 5.20. The van der Waals surface area contributed by atoms with Crippen LogP contribution in [0.15, 0.2) is 68.1 Å². The van der Waals surface area contributed by atoms with Crippen molar-refractivity contribution in [2.45, 2.75) is 36.5 Å². The van der Waals surface area contributed by atoms with Crippen LogP contribution in [0, 0.1) is 0 Å². The molecule has 32 heavy (non-hydrogen) atoms. The van der Waals surface area contributed by atoms with Gasteiger partial charge in [0.1, 0.15) is 11.8 Å². The molecule has 6 rings (SSSR count). The summed E-state index contributed by atoms with van der Waals surface area (Å²) in [5.41, 5.74) is 0.917. The van der Waals surface area contributed by atoms with Crippen LogP contribution in [0.25, 0.3) is 10.7 Å². The van der Waals surface area contributed by atoms with Crippen LogP contribution >= 0.6 is 34.4 Å². The van der Waals surface area contributed by atoms with Crippen molar-refractivity contribution in [2.75, 3.05) is 5.75 Å². The molecule has 1 atom stereocenters. The van der Waals surface area contributed by atoms with E-state index in [0.717, 1.165) is 45.0 Å². The van der Waals surface area contributed by atoms with E-state index in [0.29, 0.717) is 12.5 Å². The molecule has 0 saturated heterocycles. The fourth-order valence-electron chi connectivity index (χ4n) is 3.84. The Morgan fingerprint density at radius 3 is 2.59 bits per heavy atom. The number of amides is 1. The van der Waals surface area contributed by atoms with Crippen molar-refractivity contribution in [3.8, 4) is 10.7 Å². The molecule has 1 saturated carbocycles. The average molecular weight is 482 g/mol. The Balaban J connectivity index is 1.23. The molecule has 1 aliphatic heterocycles. The van der Waals surface area contributed by atoms with E-state index < -0.39 is 0 Å². The lowest BCUT2D eigenvalue weighted by Gasteiger charge is -2.19. The fraction of sp³-hybridized carbons (Fsp3) is 0.273. The molecule has 0 bridgehead atoms. The van der Waals surface area contributed by atoms with Crippen molar-refractivity contribution >= 4 is 46.1 Å². The zero-order chi connectivity index (χ0) is 21.5. The predicted molar refractivity (Wildman–Crippen MR) is 126 cm³/mol. The van der Waals surface area contributed by atoms with Gasteiger partial charge in [-0.25, -0.2) is 5.01 Å². The van der Waals surface area contributed by atoms with E-state index in [-0.39, 0.29) is 17.7 Å². The van der Waals surface area contributed by atoms with Crippen LogP contribution in [0.4, 0.5) is 0 Å². The molecule has 4 aromatic heterocycles. The van der Waals surface area contributed by atoms with Gasteiger partial charge in [-0.2, -0.15) is 5.10 Å². The van der Waals surface area contributed by atoms with E-state index >= 15 is 0 Å². The van der Waals surface area contributed by atoms with Gasteiger partial charge in [0.15, 0.2) is 11.0 Å². The molecule has 2 aliphatic rings. The van der Waals surface area contributed by atoms with Gasteiger partial charge in [-0.1, -0.05) is 23.9 Å². The highest BCUT2D eigenvalue weighted by atomic mass is 32.2. The zero-order valence-corrected chi connectivity index (χ0v) is 19.4. The number of hydrogen-bond donors (Lipinski definition) is 0. The van der Waals surface area contributed by atoms with E-state index in [2.05, 4.69) is 20.8 Å². The number of nitrogens with zero attached hydrogens (tertiary/aromatic N) is 5. The van der Waals surface area contributed by atoms with Gasteiger partial charge >= 0.3 is 0 Å². The summed E-state index contributed by atoms with van der Waals surface area (Å²) in [6.07, 6.45) is 4.53. The van der Waals surface area contributed by atoms with Crippen molar-refractivity contribution in [1.29, 1.82) is 0 Å². The van der Waals surface area contributed by atoms with Crippen molar-refractivity contribution in [2.24, 2.45) is 5.10 Å². The van der Waals surface area contributed by atoms with Crippen LogP contribution in [0.1, 0.15) is 42.0 Å². The zero-order valence-electron chi connectivity index (χ0n) is 17.0. The molecule has 5 heterocycles. The molecule has 1 fully saturated rings. The molecule has 1 unspecified atom stereocenters. The molecule has 0 N–H and O–H groups in total. The number of thiophene rings is 2. The number of carbonyl (C=O) groups excluding carboxylic acids is 1. The SMILES string of the molecule is O=C(CSc1nnc(-c2cccs2)n1C1CC1)N1N=C(c2cccs2)CC1c1ccco1. The summed E-state index contributed by atoms with van der Waals surface area (Å²) in [5.74, 6) is 1.82. The van der Waals surface area contributed by atoms with E-state index in [9.17, 15) is 4.79 Å². The molecule has 1 aliphatic carbocycles. The molecule has 0 spiro atoms. The maximum atomic E-state index is 13.3. The Morgan fingerprint density at radius 2 is 1.91 bits per heavy atom. The van der Waals surface area contributed by atoms with Crippen LogP contribution in [0.3, 0.4) is 0 Å². The molecule has 0 aromatic carbocycles. The lowest BCUT2D eigenvalue weighted by atomic mass is 10.1. The first-order valence-electron chi connectivity index (χ1n) is 10.4. The largest absolute Gasteiger partial charge is 0.467 e. The highest BCUT2D eigenvalue weighted by molar-refractivity contribution is 7.99. The number of aromatic nitrogens is 3. The average Bonchev–Trinajstić information content (AvgIpc) is 3.45. The monoisotopic (exact) mass is 481 g/mol.